The maximum Gasteiger partial charge on any atom is 0.410 e. The number of aromatic nitrogens is 1. The average molecular weight is 409 g/mol. The van der Waals surface area contributed by atoms with Crippen LogP contribution in [0.5, 0.6) is 0 Å². The molecule has 2 aromatic rings. The molecule has 0 radical (unpaired) electrons. The number of hydrogen-bond donors (Lipinski definition) is 3. The highest BCUT2D eigenvalue weighted by Gasteiger charge is 2.26. The molecule has 0 spiro atoms. The molecule has 0 atom stereocenters. The first-order valence-electron chi connectivity index (χ1n) is 8.00. The fourth-order valence-corrected chi connectivity index (χ4v) is 3.26. The first-order chi connectivity index (χ1) is 11.7. The summed E-state index contributed by atoms with van der Waals surface area (Å²) in [4.78, 5) is 17.1. The monoisotopic (exact) mass is 408 g/mol. The van der Waals surface area contributed by atoms with Crippen LogP contribution in [0.15, 0.2) is 28.7 Å². The van der Waals surface area contributed by atoms with Crippen LogP contribution in [0.25, 0.3) is 16.5 Å². The highest BCUT2D eigenvalue weighted by Crippen LogP contribution is 2.33. The van der Waals surface area contributed by atoms with Gasteiger partial charge in [0.1, 0.15) is 5.60 Å². The standard InChI is InChI=1S/C18H21BrN2O4/c1-18(2,3)25-17(24)21-7-6-10(9-21)14-8-12-13(19)5-4-11(16(22)23)15(12)20-14/h4-6,8,16,20,22-23H,7,9H2,1-3H3. The van der Waals surface area contributed by atoms with E-state index in [1.165, 1.54) is 0 Å². The predicted octanol–water partition coefficient (Wildman–Crippen LogP) is 3.55. The third-order valence-corrected chi connectivity index (χ3v) is 4.66. The number of carbonyl (C=O) groups is 1. The Morgan fingerprint density at radius 1 is 1.36 bits per heavy atom. The Balaban J connectivity index is 1.85. The highest BCUT2D eigenvalue weighted by molar-refractivity contribution is 9.10. The van der Waals surface area contributed by atoms with Crippen molar-refractivity contribution in [2.75, 3.05) is 13.1 Å². The summed E-state index contributed by atoms with van der Waals surface area (Å²) >= 11 is 3.48. The van der Waals surface area contributed by atoms with Gasteiger partial charge in [-0.1, -0.05) is 28.1 Å². The number of nitrogens with zero attached hydrogens (tertiary/aromatic N) is 1. The number of carbonyl (C=O) groups excluding carboxylic acids is 1. The van der Waals surface area contributed by atoms with E-state index < -0.39 is 11.9 Å². The van der Waals surface area contributed by atoms with Crippen molar-refractivity contribution in [3.05, 3.63) is 40.0 Å². The Bertz CT molecular complexity index is 849. The Hall–Kier alpha value is -1.83. The molecule has 0 saturated heterocycles. The van der Waals surface area contributed by atoms with Crippen molar-refractivity contribution in [3.63, 3.8) is 0 Å². The molecule has 25 heavy (non-hydrogen) atoms. The SMILES string of the molecule is CC(C)(C)OC(=O)N1CC=C(c2cc3c(Br)ccc(C(O)O)c3[nH]2)C1. The van der Waals surface area contributed by atoms with Crippen molar-refractivity contribution in [2.24, 2.45) is 0 Å². The molecule has 1 aliphatic rings. The number of H-pyrrole nitrogens is 1. The minimum absolute atomic E-state index is 0.345. The van der Waals surface area contributed by atoms with Gasteiger partial charge in [0, 0.05) is 27.7 Å². The lowest BCUT2D eigenvalue weighted by Gasteiger charge is -2.24. The van der Waals surface area contributed by atoms with Crippen LogP contribution >= 0.6 is 15.9 Å². The normalized spacial score (nSPS) is 15.2. The predicted molar refractivity (Wildman–Crippen MR) is 99.0 cm³/mol. The van der Waals surface area contributed by atoms with Gasteiger partial charge in [-0.05, 0) is 38.5 Å². The summed E-state index contributed by atoms with van der Waals surface area (Å²) in [6.45, 7) is 6.44. The molecule has 1 aromatic heterocycles. The third kappa shape index (κ3) is 3.73. The second-order valence-corrected chi connectivity index (χ2v) is 7.93. The molecule has 3 rings (SSSR count). The highest BCUT2D eigenvalue weighted by atomic mass is 79.9. The molecule has 7 heteroatoms. The quantitative estimate of drug-likeness (QED) is 0.663. The summed E-state index contributed by atoms with van der Waals surface area (Å²) in [6, 6.07) is 5.38. The van der Waals surface area contributed by atoms with Gasteiger partial charge in [-0.25, -0.2) is 4.79 Å². The fraction of sp³-hybridized carbons (Fsp3) is 0.389. The van der Waals surface area contributed by atoms with E-state index in [-0.39, 0.29) is 6.09 Å². The minimum atomic E-state index is -1.56. The van der Waals surface area contributed by atoms with Crippen LogP contribution in [0, 0.1) is 0 Å². The number of ether oxygens (including phenoxy) is 1. The number of nitrogens with one attached hydrogen (secondary N) is 1. The number of halogens is 1. The molecule has 0 bridgehead atoms. The summed E-state index contributed by atoms with van der Waals surface area (Å²) in [5, 5.41) is 20.0. The van der Waals surface area contributed by atoms with Gasteiger partial charge in [-0.15, -0.1) is 0 Å². The molecule has 3 N–H and O–H groups in total. The summed E-state index contributed by atoms with van der Waals surface area (Å²) in [7, 11) is 0. The Morgan fingerprint density at radius 3 is 2.72 bits per heavy atom. The van der Waals surface area contributed by atoms with E-state index in [4.69, 9.17) is 4.74 Å². The Morgan fingerprint density at radius 2 is 2.08 bits per heavy atom. The van der Waals surface area contributed by atoms with E-state index in [2.05, 4.69) is 20.9 Å². The van der Waals surface area contributed by atoms with Gasteiger partial charge in [0.2, 0.25) is 0 Å². The molecule has 1 aliphatic heterocycles. The maximum atomic E-state index is 12.2. The maximum absolute atomic E-state index is 12.2. The van der Waals surface area contributed by atoms with Crippen LogP contribution in [-0.2, 0) is 4.74 Å². The molecule has 0 aliphatic carbocycles. The van der Waals surface area contributed by atoms with E-state index in [9.17, 15) is 15.0 Å². The van der Waals surface area contributed by atoms with E-state index in [1.807, 2.05) is 32.9 Å². The summed E-state index contributed by atoms with van der Waals surface area (Å²) in [5.41, 5.74) is 2.35. The number of aliphatic hydroxyl groups is 2. The molecule has 2 heterocycles. The van der Waals surface area contributed by atoms with Gasteiger partial charge in [-0.3, -0.25) is 0 Å². The van der Waals surface area contributed by atoms with Crippen LogP contribution in [0.2, 0.25) is 0 Å². The van der Waals surface area contributed by atoms with Crippen LogP contribution in [0.4, 0.5) is 4.79 Å². The van der Waals surface area contributed by atoms with Crippen molar-refractivity contribution in [2.45, 2.75) is 32.7 Å². The van der Waals surface area contributed by atoms with Gasteiger partial charge < -0.3 is 24.8 Å². The largest absolute Gasteiger partial charge is 0.444 e. The van der Waals surface area contributed by atoms with Crippen molar-refractivity contribution < 1.29 is 19.7 Å². The summed E-state index contributed by atoms with van der Waals surface area (Å²) in [5.74, 6) is 0. The van der Waals surface area contributed by atoms with Gasteiger partial charge >= 0.3 is 6.09 Å². The van der Waals surface area contributed by atoms with Crippen LogP contribution in [0.3, 0.4) is 0 Å². The summed E-state index contributed by atoms with van der Waals surface area (Å²) < 4.78 is 6.26. The van der Waals surface area contributed by atoms with Crippen molar-refractivity contribution in [3.8, 4) is 0 Å². The lowest BCUT2D eigenvalue weighted by molar-refractivity contribution is -0.0414. The zero-order valence-corrected chi connectivity index (χ0v) is 15.9. The van der Waals surface area contributed by atoms with Crippen molar-refractivity contribution >= 4 is 38.5 Å². The first-order valence-corrected chi connectivity index (χ1v) is 8.79. The van der Waals surface area contributed by atoms with Crippen molar-refractivity contribution in [1.29, 1.82) is 0 Å². The lowest BCUT2D eigenvalue weighted by atomic mass is 10.1. The van der Waals surface area contributed by atoms with Crippen LogP contribution in [-0.4, -0.2) is 44.9 Å². The van der Waals surface area contributed by atoms with Gasteiger partial charge in [0.25, 0.3) is 0 Å². The van der Waals surface area contributed by atoms with E-state index in [0.717, 1.165) is 21.1 Å². The molecule has 134 valence electrons. The fourth-order valence-electron chi connectivity index (χ4n) is 2.81. The number of fused-ring (bicyclic) bond motifs is 1. The van der Waals surface area contributed by atoms with E-state index in [1.54, 1.807) is 17.0 Å². The number of rotatable bonds is 2. The third-order valence-electron chi connectivity index (χ3n) is 3.97. The number of benzene rings is 1. The number of aliphatic hydroxyl groups excluding tert-OH is 1. The number of hydrogen-bond acceptors (Lipinski definition) is 4. The molecular weight excluding hydrogens is 388 g/mol. The van der Waals surface area contributed by atoms with Crippen LogP contribution in [0.1, 0.15) is 38.3 Å². The molecule has 0 saturated carbocycles. The Labute approximate surface area is 154 Å². The molecule has 1 aromatic carbocycles. The topological polar surface area (TPSA) is 85.8 Å². The zero-order chi connectivity index (χ0) is 18.4. The van der Waals surface area contributed by atoms with E-state index >= 15 is 0 Å². The summed E-state index contributed by atoms with van der Waals surface area (Å²) in [6.07, 6.45) is 0.0674. The molecule has 1 amide bonds. The first kappa shape index (κ1) is 18.0. The molecule has 0 fully saturated rings. The van der Waals surface area contributed by atoms with Gasteiger partial charge in [0.15, 0.2) is 6.29 Å². The zero-order valence-electron chi connectivity index (χ0n) is 14.3. The second-order valence-electron chi connectivity index (χ2n) is 7.07. The number of aromatic amines is 1. The average Bonchev–Trinajstić information content (AvgIpc) is 3.12. The van der Waals surface area contributed by atoms with Crippen molar-refractivity contribution in [1.82, 2.24) is 9.88 Å². The molecular formula is C18H21BrN2O4. The van der Waals surface area contributed by atoms with Gasteiger partial charge in [-0.2, -0.15) is 0 Å². The number of amides is 1. The molecule has 0 unspecified atom stereocenters. The minimum Gasteiger partial charge on any atom is -0.444 e. The van der Waals surface area contributed by atoms with Crippen LogP contribution < -0.4 is 0 Å². The second kappa shape index (κ2) is 6.48. The van der Waals surface area contributed by atoms with Gasteiger partial charge in [0.05, 0.1) is 12.1 Å². The molecule has 6 nitrogen and oxygen atoms in total. The Kier molecular flexibility index (Phi) is 4.66. The van der Waals surface area contributed by atoms with E-state index in [0.29, 0.717) is 24.2 Å². The lowest BCUT2D eigenvalue weighted by Crippen LogP contribution is -2.35. The smallest absolute Gasteiger partial charge is 0.410 e.